The highest BCUT2D eigenvalue weighted by molar-refractivity contribution is 5.74. The van der Waals surface area contributed by atoms with Crippen molar-refractivity contribution in [3.63, 3.8) is 0 Å². The van der Waals surface area contributed by atoms with Gasteiger partial charge in [0, 0.05) is 17.8 Å². The summed E-state index contributed by atoms with van der Waals surface area (Å²) in [5.41, 5.74) is 3.47. The summed E-state index contributed by atoms with van der Waals surface area (Å²) in [6.45, 7) is 2.25. The zero-order valence-electron chi connectivity index (χ0n) is 8.66. The predicted molar refractivity (Wildman–Crippen MR) is 60.9 cm³/mol. The molecule has 0 aromatic carbocycles. The first-order valence-electron chi connectivity index (χ1n) is 5.58. The molecule has 0 amide bonds. The van der Waals surface area contributed by atoms with Crippen LogP contribution in [0, 0.1) is 0 Å². The van der Waals surface area contributed by atoms with E-state index in [0.29, 0.717) is 5.92 Å². The van der Waals surface area contributed by atoms with Gasteiger partial charge in [0.1, 0.15) is 0 Å². The van der Waals surface area contributed by atoms with Crippen LogP contribution in [0.2, 0.25) is 0 Å². The number of aromatic nitrogens is 2. The molecule has 0 atom stereocenters. The molecule has 1 aliphatic rings. The van der Waals surface area contributed by atoms with Crippen LogP contribution in [0.1, 0.15) is 24.5 Å². The Hall–Kier alpha value is -1.35. The summed E-state index contributed by atoms with van der Waals surface area (Å²) < 4.78 is 0. The van der Waals surface area contributed by atoms with E-state index in [1.165, 1.54) is 18.5 Å². The molecule has 2 aromatic rings. The Morgan fingerprint density at radius 1 is 1.13 bits per heavy atom. The Bertz CT molecular complexity index is 455. The third-order valence-electron chi connectivity index (χ3n) is 3.18. The average Bonchev–Trinajstić information content (AvgIpc) is 2.77. The van der Waals surface area contributed by atoms with Crippen LogP contribution < -0.4 is 5.32 Å². The lowest BCUT2D eigenvalue weighted by Crippen LogP contribution is -2.27. The van der Waals surface area contributed by atoms with Gasteiger partial charge >= 0.3 is 0 Å². The highest BCUT2D eigenvalue weighted by Crippen LogP contribution is 2.24. The van der Waals surface area contributed by atoms with Crippen LogP contribution in [-0.2, 0) is 0 Å². The van der Waals surface area contributed by atoms with E-state index in [2.05, 4.69) is 22.4 Å². The maximum absolute atomic E-state index is 4.70. The van der Waals surface area contributed by atoms with Crippen LogP contribution in [0.5, 0.6) is 0 Å². The Labute approximate surface area is 88.9 Å². The van der Waals surface area contributed by atoms with E-state index in [1.54, 1.807) is 0 Å². The van der Waals surface area contributed by atoms with Gasteiger partial charge in [0.05, 0.1) is 11.0 Å². The van der Waals surface area contributed by atoms with Crippen molar-refractivity contribution in [2.24, 2.45) is 0 Å². The molecule has 2 N–H and O–H groups in total. The molecule has 0 saturated carbocycles. The van der Waals surface area contributed by atoms with Crippen molar-refractivity contribution in [1.29, 1.82) is 0 Å². The number of H-pyrrole nitrogens is 1. The Kier molecular flexibility index (Phi) is 2.18. The van der Waals surface area contributed by atoms with Crippen molar-refractivity contribution in [2.45, 2.75) is 18.8 Å². The number of nitrogens with one attached hydrogen (secondary N) is 2. The third kappa shape index (κ3) is 1.63. The topological polar surface area (TPSA) is 40.7 Å². The molecule has 0 bridgehead atoms. The molecule has 15 heavy (non-hydrogen) atoms. The van der Waals surface area contributed by atoms with Gasteiger partial charge in [-0.2, -0.15) is 0 Å². The molecule has 2 aromatic heterocycles. The molecule has 0 radical (unpaired) electrons. The highest BCUT2D eigenvalue weighted by Gasteiger charge is 2.16. The van der Waals surface area contributed by atoms with Crippen molar-refractivity contribution >= 4 is 11.0 Å². The van der Waals surface area contributed by atoms with Crippen molar-refractivity contribution in [1.82, 2.24) is 15.3 Å². The Balaban J connectivity index is 1.95. The summed E-state index contributed by atoms with van der Waals surface area (Å²) in [7, 11) is 0. The minimum Gasteiger partial charge on any atom is -0.360 e. The molecule has 3 heteroatoms. The van der Waals surface area contributed by atoms with E-state index in [4.69, 9.17) is 4.98 Å². The van der Waals surface area contributed by atoms with Crippen molar-refractivity contribution < 1.29 is 0 Å². The first-order valence-corrected chi connectivity index (χ1v) is 5.58. The summed E-state index contributed by atoms with van der Waals surface area (Å²) in [4.78, 5) is 7.87. The first-order chi connectivity index (χ1) is 7.43. The summed E-state index contributed by atoms with van der Waals surface area (Å²) in [5.74, 6) is 0.644. The minimum absolute atomic E-state index is 0.644. The number of hydrogen-bond acceptors (Lipinski definition) is 2. The lowest BCUT2D eigenvalue weighted by molar-refractivity contribution is 0.454. The molecular formula is C12H15N3. The smallest absolute Gasteiger partial charge is 0.0882 e. The first kappa shape index (κ1) is 8.92. The van der Waals surface area contributed by atoms with Crippen LogP contribution in [-0.4, -0.2) is 23.1 Å². The summed E-state index contributed by atoms with van der Waals surface area (Å²) in [5, 5.41) is 3.38. The molecule has 78 valence electrons. The van der Waals surface area contributed by atoms with Gasteiger partial charge in [0.15, 0.2) is 0 Å². The number of hydrogen-bond donors (Lipinski definition) is 2. The fourth-order valence-electron chi connectivity index (χ4n) is 2.30. The van der Waals surface area contributed by atoms with Crippen molar-refractivity contribution in [3.8, 4) is 0 Å². The van der Waals surface area contributed by atoms with E-state index in [9.17, 15) is 0 Å². The number of fused-ring (bicyclic) bond motifs is 1. The number of nitrogens with zero attached hydrogens (tertiary/aromatic N) is 1. The summed E-state index contributed by atoms with van der Waals surface area (Å²) in [6, 6.07) is 6.34. The molecule has 3 rings (SSSR count). The van der Waals surface area contributed by atoms with Crippen LogP contribution >= 0.6 is 0 Å². The third-order valence-corrected chi connectivity index (χ3v) is 3.18. The Morgan fingerprint density at radius 2 is 2.00 bits per heavy atom. The fraction of sp³-hybridized carbons (Fsp3) is 0.417. The van der Waals surface area contributed by atoms with Gasteiger partial charge in [-0.3, -0.25) is 4.98 Å². The van der Waals surface area contributed by atoms with E-state index in [-0.39, 0.29) is 0 Å². The molecule has 0 aliphatic carbocycles. The highest BCUT2D eigenvalue weighted by atomic mass is 14.9. The summed E-state index contributed by atoms with van der Waals surface area (Å²) in [6.07, 6.45) is 4.37. The fourth-order valence-corrected chi connectivity index (χ4v) is 2.30. The lowest BCUT2D eigenvalue weighted by atomic mass is 9.94. The van der Waals surface area contributed by atoms with Gasteiger partial charge in [-0.05, 0) is 44.1 Å². The normalized spacial score (nSPS) is 18.4. The summed E-state index contributed by atoms with van der Waals surface area (Å²) >= 11 is 0. The van der Waals surface area contributed by atoms with Crippen LogP contribution in [0.25, 0.3) is 11.0 Å². The lowest BCUT2D eigenvalue weighted by Gasteiger charge is -2.21. The van der Waals surface area contributed by atoms with Crippen LogP contribution in [0.4, 0.5) is 0 Å². The largest absolute Gasteiger partial charge is 0.360 e. The maximum Gasteiger partial charge on any atom is 0.0882 e. The number of piperidine rings is 1. The van der Waals surface area contributed by atoms with Gasteiger partial charge in [0.2, 0.25) is 0 Å². The predicted octanol–water partition coefficient (Wildman–Crippen LogP) is 2.03. The second-order valence-electron chi connectivity index (χ2n) is 4.17. The molecule has 3 nitrogen and oxygen atoms in total. The van der Waals surface area contributed by atoms with Gasteiger partial charge in [0.25, 0.3) is 0 Å². The van der Waals surface area contributed by atoms with Gasteiger partial charge in [-0.1, -0.05) is 0 Å². The molecule has 1 fully saturated rings. The molecular weight excluding hydrogens is 186 g/mol. The van der Waals surface area contributed by atoms with Crippen LogP contribution in [0.3, 0.4) is 0 Å². The van der Waals surface area contributed by atoms with E-state index in [1.807, 2.05) is 12.3 Å². The number of pyridine rings is 1. The van der Waals surface area contributed by atoms with Crippen LogP contribution in [0.15, 0.2) is 24.4 Å². The van der Waals surface area contributed by atoms with Gasteiger partial charge < -0.3 is 10.3 Å². The quantitative estimate of drug-likeness (QED) is 0.741. The second kappa shape index (κ2) is 3.66. The van der Waals surface area contributed by atoms with E-state index in [0.717, 1.165) is 24.1 Å². The van der Waals surface area contributed by atoms with E-state index >= 15 is 0 Å². The van der Waals surface area contributed by atoms with Gasteiger partial charge in [-0.15, -0.1) is 0 Å². The number of rotatable bonds is 1. The zero-order valence-corrected chi connectivity index (χ0v) is 8.66. The number of aromatic amines is 1. The van der Waals surface area contributed by atoms with E-state index < -0.39 is 0 Å². The van der Waals surface area contributed by atoms with Crippen molar-refractivity contribution in [2.75, 3.05) is 13.1 Å². The monoisotopic (exact) mass is 201 g/mol. The van der Waals surface area contributed by atoms with Crippen molar-refractivity contribution in [3.05, 3.63) is 30.1 Å². The molecule has 1 aliphatic heterocycles. The Morgan fingerprint density at radius 3 is 2.87 bits per heavy atom. The standard InChI is InChI=1S/C12H15N3/c1-2-11-12(5-8-14-11)15-10(1)9-3-6-13-7-4-9/h1-2,5,8-9,13-14H,3-4,6-7H2. The minimum atomic E-state index is 0.644. The molecule has 3 heterocycles. The molecule has 1 saturated heterocycles. The van der Waals surface area contributed by atoms with Gasteiger partial charge in [-0.25, -0.2) is 0 Å². The SMILES string of the molecule is c1cc2nc(C3CCNCC3)ccc2[nH]1. The maximum atomic E-state index is 4.70. The molecule has 0 unspecified atom stereocenters. The average molecular weight is 201 g/mol. The molecule has 0 spiro atoms. The zero-order chi connectivity index (χ0) is 10.1. The second-order valence-corrected chi connectivity index (χ2v) is 4.17.